The normalized spacial score (nSPS) is 10.3. The Bertz CT molecular complexity index is 897. The summed E-state index contributed by atoms with van der Waals surface area (Å²) in [6.07, 6.45) is 1.70. The molecular formula is C18H15FN4O2S. The minimum Gasteiger partial charge on any atom is -0.333 e. The van der Waals surface area contributed by atoms with E-state index in [-0.39, 0.29) is 17.2 Å². The van der Waals surface area contributed by atoms with Crippen LogP contribution in [0.2, 0.25) is 0 Å². The highest BCUT2D eigenvalue weighted by molar-refractivity contribution is 7.99. The fourth-order valence-electron chi connectivity index (χ4n) is 2.11. The van der Waals surface area contributed by atoms with Gasteiger partial charge in [0.2, 0.25) is 5.91 Å². The lowest BCUT2D eigenvalue weighted by molar-refractivity contribution is -0.119. The standard InChI is InChI=1S/C18H15FN4O2S/c19-14-8-6-13(7-9-14)17(25)23-22-16(24)11-26-18-20-10-15(21-18)12-4-2-1-3-5-12/h1-10H,11H2,(H,20,21)(H,22,24)(H,23,25). The molecule has 0 fully saturated rings. The summed E-state index contributed by atoms with van der Waals surface area (Å²) < 4.78 is 12.8. The Labute approximate surface area is 153 Å². The van der Waals surface area contributed by atoms with Crippen LogP contribution in [-0.4, -0.2) is 27.5 Å². The van der Waals surface area contributed by atoms with Crippen molar-refractivity contribution in [2.24, 2.45) is 0 Å². The van der Waals surface area contributed by atoms with Gasteiger partial charge in [-0.05, 0) is 29.8 Å². The molecule has 0 bridgehead atoms. The molecule has 0 saturated carbocycles. The van der Waals surface area contributed by atoms with E-state index in [4.69, 9.17) is 0 Å². The Morgan fingerprint density at radius 1 is 1.04 bits per heavy atom. The molecule has 3 rings (SSSR count). The van der Waals surface area contributed by atoms with Crippen molar-refractivity contribution in [3.63, 3.8) is 0 Å². The molecule has 1 heterocycles. The second kappa shape index (κ2) is 8.30. The Balaban J connectivity index is 1.46. The highest BCUT2D eigenvalue weighted by atomic mass is 32.2. The molecule has 1 aromatic heterocycles. The van der Waals surface area contributed by atoms with Gasteiger partial charge < -0.3 is 4.98 Å². The van der Waals surface area contributed by atoms with Gasteiger partial charge in [0.15, 0.2) is 5.16 Å². The number of nitrogens with one attached hydrogen (secondary N) is 3. The van der Waals surface area contributed by atoms with Crippen LogP contribution in [0, 0.1) is 5.82 Å². The van der Waals surface area contributed by atoms with Gasteiger partial charge in [0.1, 0.15) is 5.82 Å². The summed E-state index contributed by atoms with van der Waals surface area (Å²) >= 11 is 1.21. The molecule has 0 unspecified atom stereocenters. The number of aromatic amines is 1. The van der Waals surface area contributed by atoms with E-state index in [2.05, 4.69) is 20.8 Å². The number of aromatic nitrogens is 2. The van der Waals surface area contributed by atoms with E-state index in [1.54, 1.807) is 6.20 Å². The molecular weight excluding hydrogens is 355 g/mol. The van der Waals surface area contributed by atoms with Crippen molar-refractivity contribution in [3.05, 3.63) is 72.2 Å². The highest BCUT2D eigenvalue weighted by Gasteiger charge is 2.09. The van der Waals surface area contributed by atoms with Gasteiger partial charge in [-0.3, -0.25) is 20.4 Å². The lowest BCUT2D eigenvalue weighted by Crippen LogP contribution is -2.42. The molecule has 6 nitrogen and oxygen atoms in total. The fourth-order valence-corrected chi connectivity index (χ4v) is 2.76. The van der Waals surface area contributed by atoms with Gasteiger partial charge in [-0.15, -0.1) is 0 Å². The average molecular weight is 370 g/mol. The molecule has 2 amide bonds. The zero-order chi connectivity index (χ0) is 18.4. The summed E-state index contributed by atoms with van der Waals surface area (Å²) in [5, 5.41) is 0.601. The maximum atomic E-state index is 12.8. The Kier molecular flexibility index (Phi) is 5.65. The number of hydrogen-bond acceptors (Lipinski definition) is 4. The number of rotatable bonds is 5. The van der Waals surface area contributed by atoms with Crippen LogP contribution in [0.5, 0.6) is 0 Å². The van der Waals surface area contributed by atoms with E-state index >= 15 is 0 Å². The summed E-state index contributed by atoms with van der Waals surface area (Å²) in [7, 11) is 0. The average Bonchev–Trinajstić information content (AvgIpc) is 3.15. The first-order chi connectivity index (χ1) is 12.6. The monoisotopic (exact) mass is 370 g/mol. The minimum atomic E-state index is -0.521. The molecule has 0 radical (unpaired) electrons. The van der Waals surface area contributed by atoms with Crippen LogP contribution < -0.4 is 10.9 Å². The van der Waals surface area contributed by atoms with Crippen LogP contribution >= 0.6 is 11.8 Å². The van der Waals surface area contributed by atoms with Gasteiger partial charge in [-0.1, -0.05) is 42.1 Å². The molecule has 0 aliphatic rings. The SMILES string of the molecule is O=C(CSc1ncc(-c2ccccc2)[nH]1)NNC(=O)c1ccc(F)cc1. The maximum absolute atomic E-state index is 12.8. The number of imidazole rings is 1. The zero-order valence-electron chi connectivity index (χ0n) is 13.5. The topological polar surface area (TPSA) is 86.9 Å². The molecule has 132 valence electrons. The van der Waals surface area contributed by atoms with Gasteiger partial charge in [0.25, 0.3) is 5.91 Å². The third-order valence-electron chi connectivity index (χ3n) is 3.40. The van der Waals surface area contributed by atoms with Gasteiger partial charge in [-0.2, -0.15) is 0 Å². The second-order valence-corrected chi connectivity index (χ2v) is 6.23. The molecule has 2 aromatic carbocycles. The molecule has 0 spiro atoms. The number of H-pyrrole nitrogens is 1. The molecule has 3 aromatic rings. The highest BCUT2D eigenvalue weighted by Crippen LogP contribution is 2.20. The Morgan fingerprint density at radius 2 is 1.77 bits per heavy atom. The predicted molar refractivity (Wildman–Crippen MR) is 96.8 cm³/mol. The van der Waals surface area contributed by atoms with Crippen molar-refractivity contribution >= 4 is 23.6 Å². The molecule has 0 saturated heterocycles. The molecule has 0 atom stereocenters. The quantitative estimate of drug-likeness (QED) is 0.476. The maximum Gasteiger partial charge on any atom is 0.269 e. The predicted octanol–water partition coefficient (Wildman–Crippen LogP) is 2.77. The summed E-state index contributed by atoms with van der Waals surface area (Å²) in [5.74, 6) is -1.27. The largest absolute Gasteiger partial charge is 0.333 e. The fraction of sp³-hybridized carbons (Fsp3) is 0.0556. The number of halogens is 1. The smallest absolute Gasteiger partial charge is 0.269 e. The van der Waals surface area contributed by atoms with Crippen LogP contribution in [0.25, 0.3) is 11.3 Å². The van der Waals surface area contributed by atoms with Crippen molar-refractivity contribution in [1.82, 2.24) is 20.8 Å². The number of amides is 2. The number of hydrogen-bond donors (Lipinski definition) is 3. The zero-order valence-corrected chi connectivity index (χ0v) is 14.3. The molecule has 8 heteroatoms. The van der Waals surface area contributed by atoms with Gasteiger partial charge in [-0.25, -0.2) is 9.37 Å². The molecule has 0 aliphatic carbocycles. The van der Waals surface area contributed by atoms with E-state index in [1.165, 1.54) is 36.0 Å². The summed E-state index contributed by atoms with van der Waals surface area (Å²) in [6, 6.07) is 14.7. The second-order valence-electron chi connectivity index (χ2n) is 5.27. The van der Waals surface area contributed by atoms with E-state index < -0.39 is 11.7 Å². The van der Waals surface area contributed by atoms with Crippen molar-refractivity contribution < 1.29 is 14.0 Å². The van der Waals surface area contributed by atoms with Crippen LogP contribution in [0.15, 0.2) is 66.0 Å². The van der Waals surface area contributed by atoms with E-state index in [9.17, 15) is 14.0 Å². The van der Waals surface area contributed by atoms with Crippen molar-refractivity contribution in [1.29, 1.82) is 0 Å². The number of nitrogens with zero attached hydrogens (tertiary/aromatic N) is 1. The van der Waals surface area contributed by atoms with E-state index in [0.717, 1.165) is 11.3 Å². The Hall–Kier alpha value is -3.13. The summed E-state index contributed by atoms with van der Waals surface area (Å²) in [4.78, 5) is 31.0. The number of benzene rings is 2. The molecule has 26 heavy (non-hydrogen) atoms. The minimum absolute atomic E-state index is 0.0748. The molecule has 0 aliphatic heterocycles. The number of thioether (sulfide) groups is 1. The number of carbonyl (C=O) groups is 2. The lowest BCUT2D eigenvalue weighted by Gasteiger charge is -2.06. The van der Waals surface area contributed by atoms with Gasteiger partial charge in [0, 0.05) is 5.56 Å². The van der Waals surface area contributed by atoms with Gasteiger partial charge >= 0.3 is 0 Å². The first kappa shape index (κ1) is 17.7. The van der Waals surface area contributed by atoms with Crippen LogP contribution in [0.3, 0.4) is 0 Å². The van der Waals surface area contributed by atoms with Crippen molar-refractivity contribution in [2.75, 3.05) is 5.75 Å². The first-order valence-corrected chi connectivity index (χ1v) is 8.68. The van der Waals surface area contributed by atoms with Crippen LogP contribution in [-0.2, 0) is 4.79 Å². The van der Waals surface area contributed by atoms with Crippen molar-refractivity contribution in [2.45, 2.75) is 5.16 Å². The number of carbonyl (C=O) groups excluding carboxylic acids is 2. The van der Waals surface area contributed by atoms with E-state index in [0.29, 0.717) is 5.16 Å². The number of hydrazine groups is 1. The lowest BCUT2D eigenvalue weighted by atomic mass is 10.2. The first-order valence-electron chi connectivity index (χ1n) is 7.70. The van der Waals surface area contributed by atoms with Crippen LogP contribution in [0.4, 0.5) is 4.39 Å². The summed E-state index contributed by atoms with van der Waals surface area (Å²) in [6.45, 7) is 0. The summed E-state index contributed by atoms with van der Waals surface area (Å²) in [5.41, 5.74) is 6.70. The third-order valence-corrected chi connectivity index (χ3v) is 4.29. The third kappa shape index (κ3) is 4.70. The Morgan fingerprint density at radius 3 is 2.50 bits per heavy atom. The van der Waals surface area contributed by atoms with Gasteiger partial charge in [0.05, 0.1) is 17.6 Å². The van der Waals surface area contributed by atoms with Crippen molar-refractivity contribution in [3.8, 4) is 11.3 Å². The molecule has 3 N–H and O–H groups in total. The van der Waals surface area contributed by atoms with Crippen LogP contribution in [0.1, 0.15) is 10.4 Å². The van der Waals surface area contributed by atoms with E-state index in [1.807, 2.05) is 30.3 Å².